The summed E-state index contributed by atoms with van der Waals surface area (Å²) in [4.78, 5) is 24.5. The van der Waals surface area contributed by atoms with E-state index in [1.54, 1.807) is 18.3 Å². The van der Waals surface area contributed by atoms with Crippen LogP contribution in [0.3, 0.4) is 0 Å². The van der Waals surface area contributed by atoms with Gasteiger partial charge in [-0.25, -0.2) is 4.98 Å². The lowest BCUT2D eigenvalue weighted by Gasteiger charge is -2.31. The lowest BCUT2D eigenvalue weighted by atomic mass is 10.0. The zero-order valence-corrected chi connectivity index (χ0v) is 20.7. The van der Waals surface area contributed by atoms with Crippen molar-refractivity contribution in [2.45, 2.75) is 25.8 Å². The summed E-state index contributed by atoms with van der Waals surface area (Å²) < 4.78 is 9.62. The van der Waals surface area contributed by atoms with Crippen molar-refractivity contribution in [1.29, 1.82) is 0 Å². The molecule has 0 bridgehead atoms. The summed E-state index contributed by atoms with van der Waals surface area (Å²) in [6.45, 7) is 3.18. The molecule has 178 valence electrons. The monoisotopic (exact) mass is 486 g/mol. The Morgan fingerprint density at radius 1 is 1.14 bits per heavy atom. The Balaban J connectivity index is 1.40. The van der Waals surface area contributed by atoms with E-state index in [9.17, 15) is 4.79 Å². The van der Waals surface area contributed by atoms with Crippen LogP contribution in [0.5, 0.6) is 0 Å². The van der Waals surface area contributed by atoms with Crippen molar-refractivity contribution < 1.29 is 9.21 Å². The first-order valence-corrected chi connectivity index (χ1v) is 12.6. The first-order valence-electron chi connectivity index (χ1n) is 11.7. The fourth-order valence-electron chi connectivity index (χ4n) is 4.89. The second-order valence-electron chi connectivity index (χ2n) is 9.21. The van der Waals surface area contributed by atoms with E-state index in [2.05, 4.69) is 27.7 Å². The van der Waals surface area contributed by atoms with E-state index in [0.717, 1.165) is 75.3 Å². The third kappa shape index (κ3) is 3.76. The highest BCUT2D eigenvalue weighted by molar-refractivity contribution is 7.17. The first-order chi connectivity index (χ1) is 17.0. The molecular formula is C26H26N6O2S. The molecule has 1 saturated heterocycles. The molecule has 1 fully saturated rings. The zero-order valence-electron chi connectivity index (χ0n) is 19.9. The molecule has 0 N–H and O–H groups in total. The predicted molar refractivity (Wildman–Crippen MR) is 139 cm³/mol. The average Bonchev–Trinajstić information content (AvgIpc) is 3.61. The number of nitrogens with zero attached hydrogens (tertiary/aromatic N) is 6. The molecule has 0 radical (unpaired) electrons. The summed E-state index contributed by atoms with van der Waals surface area (Å²) in [5.41, 5.74) is 3.83. The number of furan rings is 1. The van der Waals surface area contributed by atoms with Crippen LogP contribution in [0.25, 0.3) is 43.5 Å². The highest BCUT2D eigenvalue weighted by Crippen LogP contribution is 2.41. The second-order valence-corrected chi connectivity index (χ2v) is 10.1. The molecule has 0 aliphatic carbocycles. The van der Waals surface area contributed by atoms with Crippen LogP contribution in [-0.4, -0.2) is 57.7 Å². The highest BCUT2D eigenvalue weighted by atomic mass is 32.1. The van der Waals surface area contributed by atoms with Crippen molar-refractivity contribution >= 4 is 44.1 Å². The molecule has 0 atom stereocenters. The fraction of sp³-hybridized carbons (Fsp3) is 0.308. The van der Waals surface area contributed by atoms with Crippen molar-refractivity contribution in [3.05, 3.63) is 48.5 Å². The zero-order chi connectivity index (χ0) is 24.1. The van der Waals surface area contributed by atoms with Crippen LogP contribution < -0.4 is 4.90 Å². The molecule has 35 heavy (non-hydrogen) atoms. The number of carbonyl (C=O) groups is 1. The number of amides is 1. The van der Waals surface area contributed by atoms with Crippen molar-refractivity contribution in [2.24, 2.45) is 0 Å². The van der Waals surface area contributed by atoms with E-state index in [1.165, 1.54) is 0 Å². The molecule has 8 nitrogen and oxygen atoms in total. The molecule has 0 unspecified atom stereocenters. The number of piperidine rings is 1. The number of pyridine rings is 2. The van der Waals surface area contributed by atoms with Gasteiger partial charge in [0.1, 0.15) is 5.76 Å². The van der Waals surface area contributed by atoms with Gasteiger partial charge < -0.3 is 14.2 Å². The number of anilines is 1. The van der Waals surface area contributed by atoms with Gasteiger partial charge in [0.25, 0.3) is 0 Å². The Morgan fingerprint density at radius 3 is 2.74 bits per heavy atom. The van der Waals surface area contributed by atoms with E-state index < -0.39 is 0 Å². The predicted octanol–water partition coefficient (Wildman–Crippen LogP) is 5.22. The topological polar surface area (TPSA) is 80.3 Å². The third-order valence-corrected chi connectivity index (χ3v) is 7.74. The van der Waals surface area contributed by atoms with Crippen LogP contribution in [0.15, 0.2) is 52.9 Å². The van der Waals surface area contributed by atoms with Gasteiger partial charge in [0.2, 0.25) is 5.91 Å². The first kappa shape index (κ1) is 21.8. The van der Waals surface area contributed by atoms with Crippen molar-refractivity contribution in [2.75, 3.05) is 32.1 Å². The summed E-state index contributed by atoms with van der Waals surface area (Å²) in [6, 6.07) is 4.43. The van der Waals surface area contributed by atoms with Gasteiger partial charge in [0, 0.05) is 91.7 Å². The van der Waals surface area contributed by atoms with Crippen LogP contribution in [0, 0.1) is 0 Å². The number of hydrogen-bond acceptors (Lipinski definition) is 7. The molecule has 0 aromatic carbocycles. The SMILES string of the molecule is CC(=O)N1CCC(n2cc(-c3cnc(N(C)C)c4oc(-c5csc6cnccc56)cc34)cn2)CC1. The number of hydrogen-bond donors (Lipinski definition) is 0. The molecule has 1 amide bonds. The quantitative estimate of drug-likeness (QED) is 0.347. The molecule has 9 heteroatoms. The Kier molecular flexibility index (Phi) is 5.29. The Hall–Kier alpha value is -3.72. The summed E-state index contributed by atoms with van der Waals surface area (Å²) in [5.74, 6) is 1.75. The Morgan fingerprint density at radius 2 is 1.97 bits per heavy atom. The summed E-state index contributed by atoms with van der Waals surface area (Å²) in [6.07, 6.45) is 11.4. The lowest BCUT2D eigenvalue weighted by Crippen LogP contribution is -2.37. The van der Waals surface area contributed by atoms with Crippen molar-refractivity contribution in [1.82, 2.24) is 24.6 Å². The number of likely N-dealkylation sites (tertiary alicyclic amines) is 1. The Bertz CT molecular complexity index is 1540. The van der Waals surface area contributed by atoms with Gasteiger partial charge in [-0.2, -0.15) is 5.10 Å². The van der Waals surface area contributed by atoms with E-state index in [-0.39, 0.29) is 11.9 Å². The number of aromatic nitrogens is 4. The standard InChI is InChI=1S/C26H26N6O2S/c1-16(33)31-8-5-18(6-9-31)32-14-17(11-29-32)21-12-28-26(30(2)3)25-20(21)10-23(34-25)22-15-35-24-13-27-7-4-19(22)24/h4,7,10-15,18H,5-6,8-9H2,1-3H3. The fourth-order valence-corrected chi connectivity index (χ4v) is 5.80. The van der Waals surface area contributed by atoms with Crippen molar-refractivity contribution in [3.63, 3.8) is 0 Å². The Labute approximate surface area is 206 Å². The minimum absolute atomic E-state index is 0.143. The van der Waals surface area contributed by atoms with Gasteiger partial charge in [0.15, 0.2) is 11.4 Å². The van der Waals surface area contributed by atoms with Gasteiger partial charge in [-0.15, -0.1) is 11.3 Å². The minimum atomic E-state index is 0.143. The van der Waals surface area contributed by atoms with E-state index in [0.29, 0.717) is 0 Å². The van der Waals surface area contributed by atoms with E-state index in [1.807, 2.05) is 59.4 Å². The van der Waals surface area contributed by atoms with Gasteiger partial charge in [-0.3, -0.25) is 14.5 Å². The number of carbonyl (C=O) groups excluding carboxylic acids is 1. The van der Waals surface area contributed by atoms with Crippen LogP contribution in [0.2, 0.25) is 0 Å². The number of fused-ring (bicyclic) bond motifs is 2. The lowest BCUT2D eigenvalue weighted by molar-refractivity contribution is -0.130. The summed E-state index contributed by atoms with van der Waals surface area (Å²) in [7, 11) is 3.95. The maximum Gasteiger partial charge on any atom is 0.219 e. The molecule has 0 spiro atoms. The van der Waals surface area contributed by atoms with E-state index in [4.69, 9.17) is 9.40 Å². The molecule has 5 aromatic heterocycles. The van der Waals surface area contributed by atoms with Crippen LogP contribution >= 0.6 is 11.3 Å². The molecule has 1 aliphatic heterocycles. The highest BCUT2D eigenvalue weighted by Gasteiger charge is 2.24. The smallest absolute Gasteiger partial charge is 0.219 e. The molecule has 5 aromatic rings. The molecular weight excluding hydrogens is 460 g/mol. The van der Waals surface area contributed by atoms with E-state index >= 15 is 0 Å². The van der Waals surface area contributed by atoms with Gasteiger partial charge in [0.05, 0.1) is 16.9 Å². The normalized spacial score (nSPS) is 14.8. The maximum absolute atomic E-state index is 11.7. The van der Waals surface area contributed by atoms with Crippen LogP contribution in [0.1, 0.15) is 25.8 Å². The summed E-state index contributed by atoms with van der Waals surface area (Å²) >= 11 is 1.66. The largest absolute Gasteiger partial charge is 0.452 e. The summed E-state index contributed by atoms with van der Waals surface area (Å²) in [5, 5.41) is 8.96. The third-order valence-electron chi connectivity index (χ3n) is 6.81. The number of rotatable bonds is 4. The van der Waals surface area contributed by atoms with Crippen molar-refractivity contribution in [3.8, 4) is 22.5 Å². The molecule has 6 heterocycles. The van der Waals surface area contributed by atoms with Crippen LogP contribution in [-0.2, 0) is 4.79 Å². The number of thiophene rings is 1. The maximum atomic E-state index is 11.7. The molecule has 0 saturated carbocycles. The van der Waals surface area contributed by atoms with Crippen LogP contribution in [0.4, 0.5) is 5.82 Å². The minimum Gasteiger partial charge on any atom is -0.452 e. The second kappa shape index (κ2) is 8.49. The molecule has 6 rings (SSSR count). The van der Waals surface area contributed by atoms with Gasteiger partial charge >= 0.3 is 0 Å². The molecule has 1 aliphatic rings. The van der Waals surface area contributed by atoms with Gasteiger partial charge in [-0.05, 0) is 25.0 Å². The van der Waals surface area contributed by atoms with Gasteiger partial charge in [-0.1, -0.05) is 0 Å². The average molecular weight is 487 g/mol.